The summed E-state index contributed by atoms with van der Waals surface area (Å²) in [5.41, 5.74) is 1.85. The van der Waals surface area contributed by atoms with Gasteiger partial charge in [-0.25, -0.2) is 12.8 Å². The van der Waals surface area contributed by atoms with E-state index in [2.05, 4.69) is 5.32 Å². The van der Waals surface area contributed by atoms with Gasteiger partial charge in [-0.3, -0.25) is 13.9 Å². The van der Waals surface area contributed by atoms with E-state index in [1.54, 1.807) is 54.6 Å². The maximum Gasteiger partial charge on any atom is 0.264 e. The molecule has 0 bridgehead atoms. The van der Waals surface area contributed by atoms with Crippen LogP contribution in [0, 0.1) is 5.82 Å². The van der Waals surface area contributed by atoms with Crippen molar-refractivity contribution in [1.29, 1.82) is 0 Å². The van der Waals surface area contributed by atoms with Gasteiger partial charge in [0, 0.05) is 24.0 Å². The van der Waals surface area contributed by atoms with Crippen molar-refractivity contribution in [1.82, 2.24) is 10.2 Å². The molecule has 0 heterocycles. The van der Waals surface area contributed by atoms with Gasteiger partial charge < -0.3 is 10.2 Å². The van der Waals surface area contributed by atoms with E-state index < -0.39 is 34.3 Å². The second kappa shape index (κ2) is 14.7. The second-order valence-corrected chi connectivity index (χ2v) is 13.4. The van der Waals surface area contributed by atoms with Crippen molar-refractivity contribution in [3.63, 3.8) is 0 Å². The number of nitrogens with zero attached hydrogens (tertiary/aromatic N) is 2. The van der Waals surface area contributed by atoms with Crippen LogP contribution >= 0.6 is 11.6 Å². The maximum absolute atomic E-state index is 14.5. The number of anilines is 1. The molecule has 7 nitrogen and oxygen atoms in total. The molecule has 1 fully saturated rings. The summed E-state index contributed by atoms with van der Waals surface area (Å²) in [4.78, 5) is 29.8. The molecule has 1 N–H and O–H groups in total. The quantitative estimate of drug-likeness (QED) is 0.194. The molecule has 0 aliphatic heterocycles. The number of benzene rings is 4. The van der Waals surface area contributed by atoms with E-state index in [1.165, 1.54) is 17.0 Å². The van der Waals surface area contributed by atoms with Crippen molar-refractivity contribution in [3.8, 4) is 0 Å². The fraction of sp³-hybridized carbons (Fsp3) is 0.257. The molecular formula is C35H35ClFN3O4S. The minimum atomic E-state index is -4.30. The maximum atomic E-state index is 14.5. The van der Waals surface area contributed by atoms with Crippen molar-refractivity contribution >= 4 is 39.1 Å². The standard InChI is InChI=1S/C35H35ClFN3O4S/c36-28-17-15-27(16-18-28)24-39(33(23-26-9-3-1-4-10-26)35(42)38-30-11-7-8-12-30)34(41)25-40(31-13-5-2-6-14-31)45(43,44)32-21-19-29(37)20-22-32/h1-6,9-10,13-22,30,33H,7-8,11-12,23-25H2,(H,38,42). The predicted molar refractivity (Wildman–Crippen MR) is 174 cm³/mol. The van der Waals surface area contributed by atoms with Crippen LogP contribution in [0.15, 0.2) is 114 Å². The summed E-state index contributed by atoms with van der Waals surface area (Å²) in [6.07, 6.45) is 4.01. The number of rotatable bonds is 12. The Hall–Kier alpha value is -4.21. The van der Waals surface area contributed by atoms with Gasteiger partial charge in [-0.1, -0.05) is 85.1 Å². The first-order valence-electron chi connectivity index (χ1n) is 14.9. The van der Waals surface area contributed by atoms with E-state index in [1.807, 2.05) is 30.3 Å². The van der Waals surface area contributed by atoms with Crippen LogP contribution in [0.5, 0.6) is 0 Å². The molecule has 4 aromatic carbocycles. The van der Waals surface area contributed by atoms with Crippen LogP contribution in [-0.2, 0) is 32.6 Å². The van der Waals surface area contributed by atoms with E-state index in [0.717, 1.165) is 53.2 Å². The van der Waals surface area contributed by atoms with Gasteiger partial charge in [-0.05, 0) is 72.5 Å². The molecule has 5 rings (SSSR count). The van der Waals surface area contributed by atoms with Gasteiger partial charge in [-0.15, -0.1) is 0 Å². The number of hydrogen-bond donors (Lipinski definition) is 1. The molecule has 2 amide bonds. The SMILES string of the molecule is O=C(NC1CCCC1)C(Cc1ccccc1)N(Cc1ccc(Cl)cc1)C(=O)CN(c1ccccc1)S(=O)(=O)c1ccc(F)cc1. The summed E-state index contributed by atoms with van der Waals surface area (Å²) < 4.78 is 42.6. The summed E-state index contributed by atoms with van der Waals surface area (Å²) in [7, 11) is -4.30. The van der Waals surface area contributed by atoms with Crippen molar-refractivity contribution in [3.05, 3.63) is 131 Å². The number of halogens is 2. The minimum absolute atomic E-state index is 0.0166. The number of sulfonamides is 1. The topological polar surface area (TPSA) is 86.8 Å². The molecule has 0 radical (unpaired) electrons. The third kappa shape index (κ3) is 8.29. The molecule has 1 aliphatic rings. The van der Waals surface area contributed by atoms with E-state index in [9.17, 15) is 22.4 Å². The van der Waals surface area contributed by atoms with Crippen LogP contribution in [0.2, 0.25) is 5.02 Å². The Morgan fingerprint density at radius 2 is 1.42 bits per heavy atom. The van der Waals surface area contributed by atoms with Gasteiger partial charge in [0.25, 0.3) is 10.0 Å². The molecule has 234 valence electrons. The largest absolute Gasteiger partial charge is 0.352 e. The van der Waals surface area contributed by atoms with Gasteiger partial charge in [-0.2, -0.15) is 0 Å². The van der Waals surface area contributed by atoms with Crippen molar-refractivity contribution in [2.75, 3.05) is 10.8 Å². The lowest BCUT2D eigenvalue weighted by Gasteiger charge is -2.34. The number of carbonyl (C=O) groups is 2. The lowest BCUT2D eigenvalue weighted by atomic mass is 10.0. The first-order chi connectivity index (χ1) is 21.7. The summed E-state index contributed by atoms with van der Waals surface area (Å²) in [6.45, 7) is -0.538. The third-order valence-corrected chi connectivity index (χ3v) is 10.0. The average molecular weight is 648 g/mol. The molecule has 1 unspecified atom stereocenters. The van der Waals surface area contributed by atoms with Crippen molar-refractivity contribution in [2.24, 2.45) is 0 Å². The third-order valence-electron chi connectivity index (χ3n) is 7.96. The van der Waals surface area contributed by atoms with Gasteiger partial charge in [0.15, 0.2) is 0 Å². The van der Waals surface area contributed by atoms with Gasteiger partial charge in [0.05, 0.1) is 10.6 Å². The van der Waals surface area contributed by atoms with Crippen molar-refractivity contribution in [2.45, 2.75) is 55.6 Å². The predicted octanol–water partition coefficient (Wildman–Crippen LogP) is 6.37. The Labute approximate surface area is 268 Å². The zero-order chi connectivity index (χ0) is 31.8. The highest BCUT2D eigenvalue weighted by Gasteiger charge is 2.35. The zero-order valence-corrected chi connectivity index (χ0v) is 26.3. The fourth-order valence-electron chi connectivity index (χ4n) is 5.56. The Morgan fingerprint density at radius 1 is 0.822 bits per heavy atom. The van der Waals surface area contributed by atoms with E-state index in [-0.39, 0.29) is 35.5 Å². The Morgan fingerprint density at radius 3 is 2.04 bits per heavy atom. The highest BCUT2D eigenvalue weighted by Crippen LogP contribution is 2.26. The Bertz CT molecular complexity index is 1680. The molecular weight excluding hydrogens is 613 g/mol. The number of amides is 2. The van der Waals surface area contributed by atoms with E-state index >= 15 is 0 Å². The van der Waals surface area contributed by atoms with Crippen LogP contribution < -0.4 is 9.62 Å². The van der Waals surface area contributed by atoms with E-state index in [4.69, 9.17) is 11.6 Å². The molecule has 10 heteroatoms. The molecule has 4 aromatic rings. The van der Waals surface area contributed by atoms with Crippen LogP contribution in [-0.4, -0.2) is 43.8 Å². The van der Waals surface area contributed by atoms with Gasteiger partial charge in [0.2, 0.25) is 11.8 Å². The lowest BCUT2D eigenvalue weighted by Crippen LogP contribution is -2.54. The van der Waals surface area contributed by atoms with Crippen molar-refractivity contribution < 1.29 is 22.4 Å². The minimum Gasteiger partial charge on any atom is -0.352 e. The number of carbonyl (C=O) groups excluding carboxylic acids is 2. The zero-order valence-electron chi connectivity index (χ0n) is 24.7. The normalized spacial score (nSPS) is 14.1. The monoisotopic (exact) mass is 647 g/mol. The molecule has 0 spiro atoms. The van der Waals surface area contributed by atoms with Crippen LogP contribution in [0.1, 0.15) is 36.8 Å². The number of para-hydroxylation sites is 1. The summed E-state index contributed by atoms with van der Waals surface area (Å²) in [6, 6.07) is 28.2. The smallest absolute Gasteiger partial charge is 0.264 e. The van der Waals surface area contributed by atoms with Gasteiger partial charge >= 0.3 is 0 Å². The first-order valence-corrected chi connectivity index (χ1v) is 16.7. The van der Waals surface area contributed by atoms with Gasteiger partial charge in [0.1, 0.15) is 18.4 Å². The average Bonchev–Trinajstić information content (AvgIpc) is 3.56. The Kier molecular flexibility index (Phi) is 10.5. The second-order valence-electron chi connectivity index (χ2n) is 11.1. The first kappa shape index (κ1) is 32.2. The molecule has 0 aromatic heterocycles. The fourth-order valence-corrected chi connectivity index (χ4v) is 7.10. The molecule has 45 heavy (non-hydrogen) atoms. The Balaban J connectivity index is 1.54. The van der Waals surface area contributed by atoms with E-state index in [0.29, 0.717) is 5.02 Å². The lowest BCUT2D eigenvalue weighted by molar-refractivity contribution is -0.140. The highest BCUT2D eigenvalue weighted by molar-refractivity contribution is 7.92. The summed E-state index contributed by atoms with van der Waals surface area (Å²) in [5, 5.41) is 3.68. The molecule has 1 atom stereocenters. The van der Waals surface area contributed by atoms with Crippen LogP contribution in [0.25, 0.3) is 0 Å². The highest BCUT2D eigenvalue weighted by atomic mass is 35.5. The molecule has 1 aliphatic carbocycles. The van der Waals surface area contributed by atoms with Crippen LogP contribution in [0.4, 0.5) is 10.1 Å². The van der Waals surface area contributed by atoms with Crippen LogP contribution in [0.3, 0.4) is 0 Å². The summed E-state index contributed by atoms with van der Waals surface area (Å²) >= 11 is 6.14. The summed E-state index contributed by atoms with van der Waals surface area (Å²) in [5.74, 6) is -1.44. The number of nitrogens with one attached hydrogen (secondary N) is 1. The molecule has 0 saturated heterocycles. The molecule has 1 saturated carbocycles. The number of hydrogen-bond acceptors (Lipinski definition) is 4.